The Labute approximate surface area is 127 Å². The van der Waals surface area contributed by atoms with Crippen molar-refractivity contribution in [1.82, 2.24) is 9.32 Å². The third-order valence-electron chi connectivity index (χ3n) is 3.75. The summed E-state index contributed by atoms with van der Waals surface area (Å²) in [6, 6.07) is 17.6. The number of carbonyl (C=O) groups is 2. The van der Waals surface area contributed by atoms with Gasteiger partial charge >= 0.3 is 6.03 Å². The minimum Gasteiger partial charge on any atom is -0.271 e. The van der Waals surface area contributed by atoms with Crippen LogP contribution in [0, 0.1) is 0 Å². The van der Waals surface area contributed by atoms with Gasteiger partial charge in [0.25, 0.3) is 5.91 Å². The summed E-state index contributed by atoms with van der Waals surface area (Å²) in [7, 11) is 1.44. The third kappa shape index (κ3) is 1.76. The number of rotatable bonds is 2. The minimum absolute atomic E-state index is 0.361. The second kappa shape index (κ2) is 4.90. The summed E-state index contributed by atoms with van der Waals surface area (Å²) in [6.45, 7) is 0. The summed E-state index contributed by atoms with van der Waals surface area (Å²) >= 11 is 6.27. The fourth-order valence-corrected chi connectivity index (χ4v) is 3.07. The van der Waals surface area contributed by atoms with Crippen LogP contribution in [-0.4, -0.2) is 28.3 Å². The molecule has 1 aliphatic heterocycles. The van der Waals surface area contributed by atoms with Crippen molar-refractivity contribution < 1.29 is 9.59 Å². The number of nitrogens with zero attached hydrogens (tertiary/aromatic N) is 2. The first kappa shape index (κ1) is 13.6. The predicted octanol–water partition coefficient (Wildman–Crippen LogP) is 2.98. The van der Waals surface area contributed by atoms with E-state index in [9.17, 15) is 9.59 Å². The van der Waals surface area contributed by atoms with Crippen LogP contribution < -0.4 is 0 Å². The molecular formula is C16H13ClN2O2. The van der Waals surface area contributed by atoms with Gasteiger partial charge < -0.3 is 0 Å². The Kier molecular flexibility index (Phi) is 3.18. The van der Waals surface area contributed by atoms with E-state index in [-0.39, 0.29) is 5.91 Å². The van der Waals surface area contributed by atoms with Gasteiger partial charge in [-0.15, -0.1) is 0 Å². The van der Waals surface area contributed by atoms with E-state index in [2.05, 4.69) is 0 Å². The molecule has 3 rings (SSSR count). The highest BCUT2D eigenvalue weighted by atomic mass is 35.5. The lowest BCUT2D eigenvalue weighted by Crippen LogP contribution is -2.43. The largest absolute Gasteiger partial charge is 0.342 e. The first-order chi connectivity index (χ1) is 10.1. The summed E-state index contributed by atoms with van der Waals surface area (Å²) in [5, 5.41) is 0. The van der Waals surface area contributed by atoms with E-state index in [0.29, 0.717) is 11.1 Å². The number of hydrogen-bond acceptors (Lipinski definition) is 2. The van der Waals surface area contributed by atoms with Gasteiger partial charge in [0.2, 0.25) is 0 Å². The van der Waals surface area contributed by atoms with Gasteiger partial charge in [0, 0.05) is 18.8 Å². The number of halogens is 1. The van der Waals surface area contributed by atoms with Gasteiger partial charge in [-0.25, -0.2) is 9.21 Å². The molecule has 0 aromatic heterocycles. The van der Waals surface area contributed by atoms with Crippen molar-refractivity contribution in [3.8, 4) is 0 Å². The van der Waals surface area contributed by atoms with Crippen LogP contribution in [0.5, 0.6) is 0 Å². The van der Waals surface area contributed by atoms with Crippen molar-refractivity contribution in [2.45, 2.75) is 5.54 Å². The Morgan fingerprint density at radius 2 is 1.29 bits per heavy atom. The van der Waals surface area contributed by atoms with Crippen LogP contribution >= 0.6 is 11.8 Å². The summed E-state index contributed by atoms with van der Waals surface area (Å²) in [4.78, 5) is 26.1. The summed E-state index contributed by atoms with van der Waals surface area (Å²) in [6.07, 6.45) is 0. The molecule has 0 radical (unpaired) electrons. The van der Waals surface area contributed by atoms with Crippen LogP contribution in [-0.2, 0) is 10.3 Å². The van der Waals surface area contributed by atoms with Crippen LogP contribution in [0.4, 0.5) is 4.79 Å². The van der Waals surface area contributed by atoms with Crippen LogP contribution in [0.1, 0.15) is 11.1 Å². The molecule has 1 fully saturated rings. The average Bonchev–Trinajstić information content (AvgIpc) is 2.71. The molecule has 4 nitrogen and oxygen atoms in total. The van der Waals surface area contributed by atoms with Crippen molar-refractivity contribution in [1.29, 1.82) is 0 Å². The van der Waals surface area contributed by atoms with Gasteiger partial charge in [-0.05, 0) is 11.1 Å². The molecule has 106 valence electrons. The van der Waals surface area contributed by atoms with E-state index in [1.54, 1.807) is 24.3 Å². The minimum atomic E-state index is -1.32. The van der Waals surface area contributed by atoms with Crippen molar-refractivity contribution in [2.24, 2.45) is 0 Å². The first-order valence-electron chi connectivity index (χ1n) is 6.49. The zero-order valence-electron chi connectivity index (χ0n) is 11.4. The number of hydrogen-bond donors (Lipinski definition) is 0. The van der Waals surface area contributed by atoms with Gasteiger partial charge in [0.15, 0.2) is 5.54 Å². The van der Waals surface area contributed by atoms with Crippen LogP contribution in [0.2, 0.25) is 0 Å². The molecule has 1 aliphatic rings. The Balaban J connectivity index is 2.32. The summed E-state index contributed by atoms with van der Waals surface area (Å²) in [5.74, 6) is -0.361. The zero-order valence-corrected chi connectivity index (χ0v) is 12.1. The van der Waals surface area contributed by atoms with E-state index in [1.807, 2.05) is 36.4 Å². The van der Waals surface area contributed by atoms with Gasteiger partial charge in [-0.1, -0.05) is 60.7 Å². The summed E-state index contributed by atoms with van der Waals surface area (Å²) in [5.41, 5.74) is -0.00147. The van der Waals surface area contributed by atoms with E-state index in [4.69, 9.17) is 11.8 Å². The number of amides is 3. The van der Waals surface area contributed by atoms with Gasteiger partial charge in [-0.3, -0.25) is 9.69 Å². The van der Waals surface area contributed by atoms with E-state index < -0.39 is 11.6 Å². The normalized spacial score (nSPS) is 17.4. The number of carbonyl (C=O) groups excluding carboxylic acids is 2. The highest BCUT2D eigenvalue weighted by molar-refractivity contribution is 6.28. The van der Waals surface area contributed by atoms with Crippen molar-refractivity contribution in [3.63, 3.8) is 0 Å². The second-order valence-corrected chi connectivity index (χ2v) is 5.21. The molecule has 0 saturated carbocycles. The lowest BCUT2D eigenvalue weighted by Gasteiger charge is -2.31. The fraction of sp³-hybridized carbons (Fsp3) is 0.125. The highest BCUT2D eigenvalue weighted by Crippen LogP contribution is 2.43. The van der Waals surface area contributed by atoms with Crippen molar-refractivity contribution >= 4 is 23.7 Å². The Hall–Kier alpha value is -2.33. The predicted molar refractivity (Wildman–Crippen MR) is 79.5 cm³/mol. The van der Waals surface area contributed by atoms with Gasteiger partial charge in [0.05, 0.1) is 0 Å². The molecular weight excluding hydrogens is 288 g/mol. The fourth-order valence-electron chi connectivity index (χ4n) is 2.69. The molecule has 0 aliphatic carbocycles. The van der Waals surface area contributed by atoms with E-state index in [1.165, 1.54) is 7.05 Å². The topological polar surface area (TPSA) is 40.6 Å². The molecule has 5 heteroatoms. The Morgan fingerprint density at radius 1 is 0.857 bits per heavy atom. The number of imide groups is 1. The van der Waals surface area contributed by atoms with Crippen molar-refractivity contribution in [3.05, 3.63) is 71.8 Å². The molecule has 0 atom stereocenters. The van der Waals surface area contributed by atoms with Crippen LogP contribution in [0.15, 0.2) is 60.7 Å². The van der Waals surface area contributed by atoms with E-state index >= 15 is 0 Å². The number of benzene rings is 2. The van der Waals surface area contributed by atoms with Crippen molar-refractivity contribution in [2.75, 3.05) is 7.05 Å². The maximum Gasteiger partial charge on any atom is 0.342 e. The molecule has 1 saturated heterocycles. The third-order valence-corrected chi connectivity index (χ3v) is 4.14. The van der Waals surface area contributed by atoms with Gasteiger partial charge in [0.1, 0.15) is 0 Å². The van der Waals surface area contributed by atoms with Crippen LogP contribution in [0.25, 0.3) is 0 Å². The number of urea groups is 1. The highest BCUT2D eigenvalue weighted by Gasteiger charge is 2.58. The lowest BCUT2D eigenvalue weighted by atomic mass is 9.82. The molecule has 0 spiro atoms. The SMILES string of the molecule is CN1C(=O)N(Cl)C(c2ccccc2)(c2ccccc2)C1=O. The van der Waals surface area contributed by atoms with Gasteiger partial charge in [-0.2, -0.15) is 0 Å². The summed E-state index contributed by atoms with van der Waals surface area (Å²) < 4.78 is 0.986. The quantitative estimate of drug-likeness (QED) is 0.632. The molecule has 0 bridgehead atoms. The smallest absolute Gasteiger partial charge is 0.271 e. The molecule has 0 unspecified atom stereocenters. The second-order valence-electron chi connectivity index (χ2n) is 4.87. The van der Waals surface area contributed by atoms with Crippen LogP contribution in [0.3, 0.4) is 0 Å². The average molecular weight is 301 g/mol. The maximum atomic E-state index is 12.8. The lowest BCUT2D eigenvalue weighted by molar-refractivity contribution is -0.130. The zero-order chi connectivity index (χ0) is 15.0. The molecule has 3 amide bonds. The molecule has 2 aromatic rings. The Bertz CT molecular complexity index is 648. The molecule has 2 aromatic carbocycles. The first-order valence-corrected chi connectivity index (χ1v) is 6.83. The monoisotopic (exact) mass is 300 g/mol. The molecule has 1 heterocycles. The number of likely N-dealkylation sites (N-methyl/N-ethyl adjacent to an activating group) is 1. The maximum absolute atomic E-state index is 12.8. The van der Waals surface area contributed by atoms with E-state index in [0.717, 1.165) is 9.32 Å². The molecule has 21 heavy (non-hydrogen) atoms. The Morgan fingerprint density at radius 3 is 1.62 bits per heavy atom. The molecule has 0 N–H and O–H groups in total. The standard InChI is InChI=1S/C16H13ClN2O2/c1-18-14(20)16(19(17)15(18)21,12-8-4-2-5-9-12)13-10-6-3-7-11-13/h2-11H,1H3.